The van der Waals surface area contributed by atoms with Crippen molar-refractivity contribution in [1.82, 2.24) is 10.2 Å². The van der Waals surface area contributed by atoms with Crippen LogP contribution in [-0.2, 0) is 11.3 Å². The van der Waals surface area contributed by atoms with Crippen LogP contribution in [0.3, 0.4) is 0 Å². The fraction of sp³-hybridized carbons (Fsp3) is 0.562. The Kier molecular flexibility index (Phi) is 7.75. The van der Waals surface area contributed by atoms with E-state index < -0.39 is 0 Å². The second kappa shape index (κ2) is 9.34. The third kappa shape index (κ3) is 7.09. The van der Waals surface area contributed by atoms with Gasteiger partial charge in [-0.1, -0.05) is 12.1 Å². The van der Waals surface area contributed by atoms with Gasteiger partial charge in [-0.3, -0.25) is 4.99 Å². The lowest BCUT2D eigenvalue weighted by atomic mass is 10.2. The van der Waals surface area contributed by atoms with Gasteiger partial charge >= 0.3 is 0 Å². The van der Waals surface area contributed by atoms with Crippen molar-refractivity contribution in [2.24, 2.45) is 4.99 Å². The van der Waals surface area contributed by atoms with Crippen molar-refractivity contribution < 1.29 is 9.13 Å². The summed E-state index contributed by atoms with van der Waals surface area (Å²) in [6.45, 7) is 6.19. The van der Waals surface area contributed by atoms with Crippen LogP contribution < -0.4 is 5.32 Å². The Morgan fingerprint density at radius 1 is 1.43 bits per heavy atom. The maximum absolute atomic E-state index is 13.2. The largest absolute Gasteiger partial charge is 0.379 e. The number of benzene rings is 1. The molecule has 0 amide bonds. The number of rotatable bonds is 7. The summed E-state index contributed by atoms with van der Waals surface area (Å²) in [7, 11) is 3.68. The van der Waals surface area contributed by atoms with Crippen LogP contribution in [0.25, 0.3) is 0 Å². The van der Waals surface area contributed by atoms with Crippen LogP contribution in [0.5, 0.6) is 0 Å². The molecule has 21 heavy (non-hydrogen) atoms. The normalized spacial score (nSPS) is 11.8. The first-order valence-corrected chi connectivity index (χ1v) is 7.30. The topological polar surface area (TPSA) is 36.9 Å². The van der Waals surface area contributed by atoms with E-state index in [0.29, 0.717) is 6.54 Å². The molecule has 5 heteroatoms. The van der Waals surface area contributed by atoms with Crippen LogP contribution in [0, 0.1) is 5.82 Å². The lowest BCUT2D eigenvalue weighted by molar-refractivity contribution is 0.0776. The first kappa shape index (κ1) is 17.4. The zero-order valence-corrected chi connectivity index (χ0v) is 13.4. The molecule has 0 bridgehead atoms. The summed E-state index contributed by atoms with van der Waals surface area (Å²) < 4.78 is 18.7. The van der Waals surface area contributed by atoms with E-state index in [1.54, 1.807) is 19.2 Å². The van der Waals surface area contributed by atoms with Crippen molar-refractivity contribution in [3.8, 4) is 0 Å². The number of nitrogens with zero attached hydrogens (tertiary/aromatic N) is 2. The van der Waals surface area contributed by atoms with Crippen LogP contribution in [0.2, 0.25) is 0 Å². The Hall–Kier alpha value is -1.62. The lowest BCUT2D eigenvalue weighted by Crippen LogP contribution is -2.39. The Morgan fingerprint density at radius 2 is 2.19 bits per heavy atom. The van der Waals surface area contributed by atoms with Crippen LogP contribution in [-0.4, -0.2) is 44.2 Å². The fourth-order valence-corrected chi connectivity index (χ4v) is 1.96. The highest BCUT2D eigenvalue weighted by Crippen LogP contribution is 2.06. The van der Waals surface area contributed by atoms with E-state index >= 15 is 0 Å². The highest BCUT2D eigenvalue weighted by Gasteiger charge is 2.06. The molecule has 0 saturated heterocycles. The quantitative estimate of drug-likeness (QED) is 0.477. The van der Waals surface area contributed by atoms with E-state index in [-0.39, 0.29) is 11.9 Å². The SMILES string of the molecule is CN=C(NCCCOC(C)C)N(C)Cc1cccc(F)c1. The molecule has 1 N–H and O–H groups in total. The first-order valence-electron chi connectivity index (χ1n) is 7.30. The minimum atomic E-state index is -0.213. The number of hydrogen-bond donors (Lipinski definition) is 1. The third-order valence-corrected chi connectivity index (χ3v) is 2.94. The van der Waals surface area contributed by atoms with Crippen molar-refractivity contribution >= 4 is 5.96 Å². The molecule has 1 rings (SSSR count). The van der Waals surface area contributed by atoms with Gasteiger partial charge in [-0.2, -0.15) is 0 Å². The predicted molar refractivity (Wildman–Crippen MR) is 84.9 cm³/mol. The van der Waals surface area contributed by atoms with Crippen molar-refractivity contribution in [3.63, 3.8) is 0 Å². The maximum Gasteiger partial charge on any atom is 0.193 e. The Morgan fingerprint density at radius 3 is 2.81 bits per heavy atom. The number of ether oxygens (including phenoxy) is 1. The molecular formula is C16H26FN3O. The van der Waals surface area contributed by atoms with Crippen LogP contribution >= 0.6 is 0 Å². The van der Waals surface area contributed by atoms with Gasteiger partial charge in [0, 0.05) is 33.8 Å². The fourth-order valence-electron chi connectivity index (χ4n) is 1.96. The molecule has 0 spiro atoms. The second-order valence-corrected chi connectivity index (χ2v) is 5.23. The van der Waals surface area contributed by atoms with E-state index in [9.17, 15) is 4.39 Å². The van der Waals surface area contributed by atoms with Gasteiger partial charge in [0.15, 0.2) is 5.96 Å². The number of guanidine groups is 1. The molecule has 0 aliphatic carbocycles. The molecule has 0 saturated carbocycles. The summed E-state index contributed by atoms with van der Waals surface area (Å²) >= 11 is 0. The first-order chi connectivity index (χ1) is 10.0. The standard InChI is InChI=1S/C16H26FN3O/c1-13(2)21-10-6-9-19-16(18-3)20(4)12-14-7-5-8-15(17)11-14/h5,7-8,11,13H,6,9-10,12H2,1-4H3,(H,18,19). The Bertz CT molecular complexity index is 449. The number of halogens is 1. The molecule has 0 radical (unpaired) electrons. The minimum absolute atomic E-state index is 0.213. The zero-order valence-electron chi connectivity index (χ0n) is 13.4. The molecule has 118 valence electrons. The molecule has 0 heterocycles. The molecule has 0 fully saturated rings. The molecule has 0 atom stereocenters. The maximum atomic E-state index is 13.2. The zero-order chi connectivity index (χ0) is 15.7. The highest BCUT2D eigenvalue weighted by atomic mass is 19.1. The smallest absolute Gasteiger partial charge is 0.193 e. The van der Waals surface area contributed by atoms with E-state index in [4.69, 9.17) is 4.74 Å². The third-order valence-electron chi connectivity index (χ3n) is 2.94. The van der Waals surface area contributed by atoms with Gasteiger partial charge in [-0.25, -0.2) is 4.39 Å². The van der Waals surface area contributed by atoms with Gasteiger partial charge in [-0.15, -0.1) is 0 Å². The average Bonchev–Trinajstić information content (AvgIpc) is 2.42. The van der Waals surface area contributed by atoms with Gasteiger partial charge in [0.05, 0.1) is 6.10 Å². The van der Waals surface area contributed by atoms with E-state index in [0.717, 1.165) is 31.1 Å². The average molecular weight is 295 g/mol. The van der Waals surface area contributed by atoms with Gasteiger partial charge in [0.2, 0.25) is 0 Å². The predicted octanol–water partition coefficient (Wildman–Crippen LogP) is 2.65. The number of hydrogen-bond acceptors (Lipinski definition) is 2. The second-order valence-electron chi connectivity index (χ2n) is 5.23. The van der Waals surface area contributed by atoms with Gasteiger partial charge in [0.1, 0.15) is 5.82 Å². The lowest BCUT2D eigenvalue weighted by Gasteiger charge is -2.22. The van der Waals surface area contributed by atoms with Crippen LogP contribution in [0.1, 0.15) is 25.8 Å². The van der Waals surface area contributed by atoms with E-state index in [1.165, 1.54) is 6.07 Å². The molecular weight excluding hydrogens is 269 g/mol. The monoisotopic (exact) mass is 295 g/mol. The molecule has 0 aliphatic heterocycles. The minimum Gasteiger partial charge on any atom is -0.379 e. The summed E-state index contributed by atoms with van der Waals surface area (Å²) in [5, 5.41) is 3.28. The van der Waals surface area contributed by atoms with Crippen molar-refractivity contribution in [3.05, 3.63) is 35.6 Å². The number of aliphatic imine (C=N–C) groups is 1. The van der Waals surface area contributed by atoms with Gasteiger partial charge in [0.25, 0.3) is 0 Å². The van der Waals surface area contributed by atoms with Crippen LogP contribution in [0.15, 0.2) is 29.3 Å². The Balaban J connectivity index is 2.38. The summed E-state index contributed by atoms with van der Waals surface area (Å²) in [6.07, 6.45) is 1.19. The number of nitrogens with one attached hydrogen (secondary N) is 1. The van der Waals surface area contributed by atoms with Gasteiger partial charge in [-0.05, 0) is 38.0 Å². The summed E-state index contributed by atoms with van der Waals surface area (Å²) in [5.41, 5.74) is 0.920. The van der Waals surface area contributed by atoms with E-state index in [2.05, 4.69) is 10.3 Å². The summed E-state index contributed by atoms with van der Waals surface area (Å²) in [4.78, 5) is 6.21. The molecule has 1 aromatic rings. The van der Waals surface area contributed by atoms with Gasteiger partial charge < -0.3 is 15.0 Å². The van der Waals surface area contributed by atoms with Crippen LogP contribution in [0.4, 0.5) is 4.39 Å². The van der Waals surface area contributed by atoms with E-state index in [1.807, 2.05) is 31.9 Å². The Labute approximate surface area is 127 Å². The highest BCUT2D eigenvalue weighted by molar-refractivity contribution is 5.79. The molecule has 0 unspecified atom stereocenters. The molecule has 1 aromatic carbocycles. The molecule has 0 aromatic heterocycles. The summed E-state index contributed by atoms with van der Waals surface area (Å²) in [6, 6.07) is 6.62. The molecule has 0 aliphatic rings. The van der Waals surface area contributed by atoms with Crippen molar-refractivity contribution in [1.29, 1.82) is 0 Å². The van der Waals surface area contributed by atoms with Crippen molar-refractivity contribution in [2.75, 3.05) is 27.2 Å². The van der Waals surface area contributed by atoms with Crippen molar-refractivity contribution in [2.45, 2.75) is 32.9 Å². The summed E-state index contributed by atoms with van der Waals surface area (Å²) in [5.74, 6) is 0.582. The molecule has 4 nitrogen and oxygen atoms in total.